The first kappa shape index (κ1) is 13.7. The minimum absolute atomic E-state index is 0.0930. The fourth-order valence-corrected chi connectivity index (χ4v) is 1.87. The third kappa shape index (κ3) is 4.46. The van der Waals surface area contributed by atoms with Gasteiger partial charge in [0.1, 0.15) is 5.75 Å². The Morgan fingerprint density at radius 1 is 1.47 bits per heavy atom. The van der Waals surface area contributed by atoms with Crippen molar-refractivity contribution in [3.05, 3.63) is 24.3 Å². The summed E-state index contributed by atoms with van der Waals surface area (Å²) in [5.74, 6) is 0.856. The number of hydrogen-bond acceptors (Lipinski definition) is 4. The molecular weight excluding hydrogens is 238 g/mol. The smallest absolute Gasteiger partial charge is 0.121 e. The molecule has 1 aromatic rings. The number of benzene rings is 1. The normalized spacial score (nSPS) is 15.6. The van der Waals surface area contributed by atoms with Gasteiger partial charge in [-0.1, -0.05) is 6.07 Å². The van der Waals surface area contributed by atoms with Crippen LogP contribution < -0.4 is 15.0 Å². The molecule has 0 radical (unpaired) electrons. The Bertz CT molecular complexity index is 449. The van der Waals surface area contributed by atoms with Gasteiger partial charge in [0.25, 0.3) is 0 Å². The highest BCUT2D eigenvalue weighted by Gasteiger charge is 2.24. The van der Waals surface area contributed by atoms with Crippen molar-refractivity contribution in [2.24, 2.45) is 0 Å². The maximum Gasteiger partial charge on any atom is 0.121 e. The molecule has 1 saturated carbocycles. The highest BCUT2D eigenvalue weighted by atomic mass is 16.5. The maximum absolute atomic E-state index is 9.04. The molecule has 0 aliphatic heterocycles. The van der Waals surface area contributed by atoms with Crippen LogP contribution in [0, 0.1) is 11.3 Å². The number of nitrogens with one attached hydrogen (secondary N) is 1. The zero-order valence-corrected chi connectivity index (χ0v) is 11.6. The van der Waals surface area contributed by atoms with Gasteiger partial charge in [-0.15, -0.1) is 0 Å². The van der Waals surface area contributed by atoms with Crippen molar-refractivity contribution in [2.75, 3.05) is 25.6 Å². The van der Waals surface area contributed by atoms with E-state index < -0.39 is 0 Å². The van der Waals surface area contributed by atoms with Gasteiger partial charge in [0.2, 0.25) is 0 Å². The molecule has 4 heteroatoms. The highest BCUT2D eigenvalue weighted by Crippen LogP contribution is 2.21. The van der Waals surface area contributed by atoms with Gasteiger partial charge in [-0.2, -0.15) is 5.26 Å². The zero-order valence-electron chi connectivity index (χ0n) is 11.6. The molecule has 1 atom stereocenters. The molecule has 1 fully saturated rings. The van der Waals surface area contributed by atoms with Crippen molar-refractivity contribution >= 4 is 5.69 Å². The lowest BCUT2D eigenvalue weighted by Crippen LogP contribution is -2.31. The van der Waals surface area contributed by atoms with Crippen LogP contribution in [0.1, 0.15) is 19.3 Å². The fourth-order valence-electron chi connectivity index (χ4n) is 1.87. The topological polar surface area (TPSA) is 48.3 Å². The Labute approximate surface area is 115 Å². The van der Waals surface area contributed by atoms with E-state index in [0.717, 1.165) is 17.9 Å². The number of nitriles is 1. The molecule has 1 unspecified atom stereocenters. The second-order valence-corrected chi connectivity index (χ2v) is 5.15. The molecule has 0 aromatic heterocycles. The summed E-state index contributed by atoms with van der Waals surface area (Å²) < 4.78 is 5.71. The van der Waals surface area contributed by atoms with Gasteiger partial charge in [-0.05, 0) is 25.0 Å². The largest absolute Gasteiger partial charge is 0.493 e. The molecular formula is C15H21N3O. The highest BCUT2D eigenvalue weighted by molar-refractivity contribution is 5.49. The van der Waals surface area contributed by atoms with Gasteiger partial charge in [-0.3, -0.25) is 5.32 Å². The SMILES string of the molecule is CN(C)c1cccc(OCCC(C#N)NC2CC2)c1. The Kier molecular flexibility index (Phi) is 4.64. The van der Waals surface area contributed by atoms with Crippen LogP contribution in [0.2, 0.25) is 0 Å². The number of hydrogen-bond donors (Lipinski definition) is 1. The molecule has 0 amide bonds. The summed E-state index contributed by atoms with van der Waals surface area (Å²) in [5, 5.41) is 12.3. The Hall–Kier alpha value is -1.73. The van der Waals surface area contributed by atoms with Crippen LogP contribution in [0.4, 0.5) is 5.69 Å². The maximum atomic E-state index is 9.04. The Morgan fingerprint density at radius 3 is 2.89 bits per heavy atom. The van der Waals surface area contributed by atoms with Crippen LogP contribution in [-0.4, -0.2) is 32.8 Å². The molecule has 19 heavy (non-hydrogen) atoms. The van der Waals surface area contributed by atoms with Crippen LogP contribution in [0.5, 0.6) is 5.75 Å². The molecule has 1 aliphatic rings. The van der Waals surface area contributed by atoms with Gasteiger partial charge in [0.05, 0.1) is 18.7 Å². The summed E-state index contributed by atoms with van der Waals surface area (Å²) in [6.45, 7) is 0.564. The van der Waals surface area contributed by atoms with Gasteiger partial charge in [-0.25, -0.2) is 0 Å². The number of ether oxygens (including phenoxy) is 1. The molecule has 2 rings (SSSR count). The van der Waals surface area contributed by atoms with E-state index in [-0.39, 0.29) is 6.04 Å². The molecule has 4 nitrogen and oxygen atoms in total. The zero-order chi connectivity index (χ0) is 13.7. The van der Waals surface area contributed by atoms with E-state index in [4.69, 9.17) is 10.00 Å². The van der Waals surface area contributed by atoms with E-state index in [1.54, 1.807) is 0 Å². The Morgan fingerprint density at radius 2 is 2.26 bits per heavy atom. The van der Waals surface area contributed by atoms with Crippen molar-refractivity contribution < 1.29 is 4.74 Å². The summed E-state index contributed by atoms with van der Waals surface area (Å²) in [7, 11) is 4.01. The lowest BCUT2D eigenvalue weighted by atomic mass is 10.2. The van der Waals surface area contributed by atoms with E-state index in [9.17, 15) is 0 Å². The summed E-state index contributed by atoms with van der Waals surface area (Å²) in [6.07, 6.45) is 3.12. The van der Waals surface area contributed by atoms with Crippen molar-refractivity contribution in [1.29, 1.82) is 5.26 Å². The van der Waals surface area contributed by atoms with Gasteiger partial charge in [0, 0.05) is 38.3 Å². The van der Waals surface area contributed by atoms with Gasteiger partial charge in [0.15, 0.2) is 0 Å². The number of rotatable bonds is 7. The first-order valence-corrected chi connectivity index (χ1v) is 6.75. The predicted octanol–water partition coefficient (Wildman–Crippen LogP) is 2.17. The van der Waals surface area contributed by atoms with Crippen molar-refractivity contribution in [2.45, 2.75) is 31.3 Å². The summed E-state index contributed by atoms with van der Waals surface area (Å²) in [4.78, 5) is 2.04. The minimum atomic E-state index is -0.0930. The molecule has 1 aromatic carbocycles. The molecule has 0 heterocycles. The van der Waals surface area contributed by atoms with Gasteiger partial charge >= 0.3 is 0 Å². The van der Waals surface area contributed by atoms with Crippen LogP contribution in [-0.2, 0) is 0 Å². The van der Waals surface area contributed by atoms with Crippen molar-refractivity contribution in [3.63, 3.8) is 0 Å². The van der Waals surface area contributed by atoms with Crippen molar-refractivity contribution in [1.82, 2.24) is 5.32 Å². The van der Waals surface area contributed by atoms with E-state index in [1.165, 1.54) is 12.8 Å². The average molecular weight is 259 g/mol. The van der Waals surface area contributed by atoms with Crippen molar-refractivity contribution in [3.8, 4) is 11.8 Å². The van der Waals surface area contributed by atoms with Crippen LogP contribution >= 0.6 is 0 Å². The van der Waals surface area contributed by atoms with E-state index >= 15 is 0 Å². The molecule has 0 spiro atoms. The quantitative estimate of drug-likeness (QED) is 0.815. The van der Waals surface area contributed by atoms with E-state index in [0.29, 0.717) is 12.6 Å². The average Bonchev–Trinajstić information content (AvgIpc) is 3.22. The molecule has 1 aliphatic carbocycles. The van der Waals surface area contributed by atoms with E-state index in [2.05, 4.69) is 11.4 Å². The van der Waals surface area contributed by atoms with Crippen LogP contribution in [0.15, 0.2) is 24.3 Å². The monoisotopic (exact) mass is 259 g/mol. The summed E-state index contributed by atoms with van der Waals surface area (Å²) in [6, 6.07) is 10.7. The third-order valence-electron chi connectivity index (χ3n) is 3.18. The molecule has 102 valence electrons. The second kappa shape index (κ2) is 6.44. The predicted molar refractivity (Wildman–Crippen MR) is 76.4 cm³/mol. The summed E-state index contributed by atoms with van der Waals surface area (Å²) >= 11 is 0. The summed E-state index contributed by atoms with van der Waals surface area (Å²) in [5.41, 5.74) is 1.12. The Balaban J connectivity index is 1.78. The fraction of sp³-hybridized carbons (Fsp3) is 0.533. The molecule has 0 saturated heterocycles. The van der Waals surface area contributed by atoms with Gasteiger partial charge < -0.3 is 9.64 Å². The molecule has 0 bridgehead atoms. The van der Waals surface area contributed by atoms with Crippen LogP contribution in [0.3, 0.4) is 0 Å². The minimum Gasteiger partial charge on any atom is -0.493 e. The first-order chi connectivity index (χ1) is 9.19. The third-order valence-corrected chi connectivity index (χ3v) is 3.18. The molecule has 1 N–H and O–H groups in total. The van der Waals surface area contributed by atoms with E-state index in [1.807, 2.05) is 43.3 Å². The lowest BCUT2D eigenvalue weighted by molar-refractivity contribution is 0.297. The second-order valence-electron chi connectivity index (χ2n) is 5.15. The first-order valence-electron chi connectivity index (χ1n) is 6.75. The van der Waals surface area contributed by atoms with Crippen LogP contribution in [0.25, 0.3) is 0 Å². The standard InChI is InChI=1S/C15H21N3O/c1-18(2)14-4-3-5-15(10-14)19-9-8-13(11-16)17-12-6-7-12/h3-5,10,12-13,17H,6-9H2,1-2H3. The lowest BCUT2D eigenvalue weighted by Gasteiger charge is -2.15. The number of anilines is 1. The number of nitrogens with zero attached hydrogens (tertiary/aromatic N) is 2.